The zero-order chi connectivity index (χ0) is 19.9. The molecule has 1 amide bonds. The van der Waals surface area contributed by atoms with Gasteiger partial charge in [0.15, 0.2) is 0 Å². The molecule has 8 heteroatoms. The SMILES string of the molecule is CC1(C)OB(c2cnc(OCC3CCN(C(=O)C4CC4)CC3)nc2)OC1(C)C. The monoisotopic (exact) mass is 387 g/mol. The van der Waals surface area contributed by atoms with E-state index in [9.17, 15) is 4.79 Å². The van der Waals surface area contributed by atoms with Crippen LogP contribution in [0.25, 0.3) is 0 Å². The Labute approximate surface area is 167 Å². The summed E-state index contributed by atoms with van der Waals surface area (Å²) in [6.45, 7) is 10.4. The number of carbonyl (C=O) groups excluding carboxylic acids is 1. The largest absolute Gasteiger partial charge is 0.498 e. The zero-order valence-electron chi connectivity index (χ0n) is 17.3. The van der Waals surface area contributed by atoms with Gasteiger partial charge in [0, 0.05) is 36.9 Å². The molecule has 0 bridgehead atoms. The maximum atomic E-state index is 12.1. The van der Waals surface area contributed by atoms with E-state index in [4.69, 9.17) is 14.0 Å². The highest BCUT2D eigenvalue weighted by Crippen LogP contribution is 2.36. The third-order valence-corrected chi connectivity index (χ3v) is 6.47. The summed E-state index contributed by atoms with van der Waals surface area (Å²) >= 11 is 0. The molecule has 0 atom stereocenters. The lowest BCUT2D eigenvalue weighted by molar-refractivity contribution is -0.134. The number of aromatic nitrogens is 2. The van der Waals surface area contributed by atoms with Crippen LogP contribution in [0.4, 0.5) is 0 Å². The molecule has 4 rings (SSSR count). The van der Waals surface area contributed by atoms with Crippen LogP contribution < -0.4 is 10.2 Å². The van der Waals surface area contributed by atoms with E-state index >= 15 is 0 Å². The highest BCUT2D eigenvalue weighted by Gasteiger charge is 2.52. The molecular weight excluding hydrogens is 357 g/mol. The van der Waals surface area contributed by atoms with Gasteiger partial charge in [-0.3, -0.25) is 4.79 Å². The van der Waals surface area contributed by atoms with Gasteiger partial charge in [0.25, 0.3) is 0 Å². The maximum Gasteiger partial charge on any atom is 0.498 e. The fourth-order valence-corrected chi connectivity index (χ4v) is 3.60. The Kier molecular flexibility index (Phi) is 5.12. The topological polar surface area (TPSA) is 73.8 Å². The number of nitrogens with zero attached hydrogens (tertiary/aromatic N) is 3. The second kappa shape index (κ2) is 7.30. The van der Waals surface area contributed by atoms with Gasteiger partial charge in [-0.05, 0) is 59.3 Å². The first kappa shape index (κ1) is 19.6. The molecular formula is C20H30BN3O4. The predicted octanol–water partition coefficient (Wildman–Crippen LogP) is 1.80. The second-order valence-corrected chi connectivity index (χ2v) is 9.24. The van der Waals surface area contributed by atoms with Gasteiger partial charge < -0.3 is 18.9 Å². The molecule has 3 fully saturated rings. The van der Waals surface area contributed by atoms with Crippen LogP contribution >= 0.6 is 0 Å². The van der Waals surface area contributed by atoms with Crippen molar-refractivity contribution in [1.82, 2.24) is 14.9 Å². The van der Waals surface area contributed by atoms with E-state index in [2.05, 4.69) is 9.97 Å². The first-order chi connectivity index (χ1) is 13.2. The third kappa shape index (κ3) is 4.03. The van der Waals surface area contributed by atoms with Crippen LogP contribution in [-0.4, -0.2) is 58.8 Å². The third-order valence-electron chi connectivity index (χ3n) is 6.47. The number of hydrogen-bond donors (Lipinski definition) is 0. The Balaban J connectivity index is 1.25. The maximum absolute atomic E-state index is 12.1. The number of carbonyl (C=O) groups is 1. The van der Waals surface area contributed by atoms with E-state index in [1.165, 1.54) is 0 Å². The van der Waals surface area contributed by atoms with Crippen LogP contribution in [0.1, 0.15) is 53.4 Å². The van der Waals surface area contributed by atoms with Crippen LogP contribution in [0.5, 0.6) is 6.01 Å². The molecule has 152 valence electrons. The lowest BCUT2D eigenvalue weighted by Gasteiger charge is -2.32. The first-order valence-corrected chi connectivity index (χ1v) is 10.3. The quantitative estimate of drug-likeness (QED) is 0.718. The molecule has 28 heavy (non-hydrogen) atoms. The smallest absolute Gasteiger partial charge is 0.463 e. The van der Waals surface area contributed by atoms with Crippen LogP contribution in [0, 0.1) is 11.8 Å². The summed E-state index contributed by atoms with van der Waals surface area (Å²) in [4.78, 5) is 22.8. The second-order valence-electron chi connectivity index (χ2n) is 9.24. The minimum atomic E-state index is -0.465. The first-order valence-electron chi connectivity index (χ1n) is 10.3. The van der Waals surface area contributed by atoms with E-state index in [0.29, 0.717) is 30.4 Å². The molecule has 3 heterocycles. The molecule has 2 aliphatic heterocycles. The Morgan fingerprint density at radius 2 is 1.68 bits per heavy atom. The summed E-state index contributed by atoms with van der Waals surface area (Å²) in [5, 5.41) is 0. The highest BCUT2D eigenvalue weighted by atomic mass is 16.7. The Morgan fingerprint density at radius 3 is 2.21 bits per heavy atom. The van der Waals surface area contributed by atoms with Gasteiger partial charge in [-0.15, -0.1) is 0 Å². The van der Waals surface area contributed by atoms with Gasteiger partial charge in [-0.1, -0.05) is 0 Å². The Morgan fingerprint density at radius 1 is 1.11 bits per heavy atom. The van der Waals surface area contributed by atoms with E-state index < -0.39 is 7.12 Å². The van der Waals surface area contributed by atoms with Crippen molar-refractivity contribution in [3.63, 3.8) is 0 Å². The zero-order valence-corrected chi connectivity index (χ0v) is 17.3. The van der Waals surface area contributed by atoms with Crippen molar-refractivity contribution in [2.75, 3.05) is 19.7 Å². The Bertz CT molecular complexity index is 697. The molecule has 3 aliphatic rings. The van der Waals surface area contributed by atoms with E-state index in [1.807, 2.05) is 32.6 Å². The van der Waals surface area contributed by atoms with Crippen LogP contribution in [-0.2, 0) is 14.1 Å². The molecule has 0 aromatic carbocycles. The van der Waals surface area contributed by atoms with Crippen molar-refractivity contribution in [3.05, 3.63) is 12.4 Å². The molecule has 2 saturated heterocycles. The van der Waals surface area contributed by atoms with E-state index in [0.717, 1.165) is 44.2 Å². The van der Waals surface area contributed by atoms with Gasteiger partial charge in [-0.25, -0.2) is 9.97 Å². The average Bonchev–Trinajstić information content (AvgIpc) is 3.48. The standard InChI is InChI=1S/C20H30BN3O4/c1-19(2)20(3,4)28-21(27-19)16-11-22-18(23-12-16)26-13-14-7-9-24(10-8-14)17(25)15-5-6-15/h11-12,14-15H,5-10,13H2,1-4H3. The van der Waals surface area contributed by atoms with Gasteiger partial charge >= 0.3 is 13.1 Å². The van der Waals surface area contributed by atoms with Crippen molar-refractivity contribution in [1.29, 1.82) is 0 Å². The van der Waals surface area contributed by atoms with Crippen molar-refractivity contribution in [3.8, 4) is 6.01 Å². The highest BCUT2D eigenvalue weighted by molar-refractivity contribution is 6.61. The number of rotatable bonds is 5. The number of hydrogen-bond acceptors (Lipinski definition) is 6. The van der Waals surface area contributed by atoms with Crippen molar-refractivity contribution >= 4 is 18.5 Å². The van der Waals surface area contributed by atoms with Crippen molar-refractivity contribution < 1.29 is 18.8 Å². The number of ether oxygens (including phenoxy) is 1. The molecule has 1 aromatic rings. The summed E-state index contributed by atoms with van der Waals surface area (Å²) in [6, 6.07) is 0.372. The molecule has 7 nitrogen and oxygen atoms in total. The Hall–Kier alpha value is -1.67. The summed E-state index contributed by atoms with van der Waals surface area (Å²) in [5.41, 5.74) is 0.0171. The fourth-order valence-electron chi connectivity index (χ4n) is 3.60. The van der Waals surface area contributed by atoms with E-state index in [-0.39, 0.29) is 11.2 Å². The lowest BCUT2D eigenvalue weighted by Crippen LogP contribution is -2.41. The molecule has 1 saturated carbocycles. The van der Waals surface area contributed by atoms with E-state index in [1.54, 1.807) is 12.4 Å². The van der Waals surface area contributed by atoms with Crippen molar-refractivity contribution in [2.24, 2.45) is 11.8 Å². The number of likely N-dealkylation sites (tertiary alicyclic amines) is 1. The molecule has 1 aromatic heterocycles. The fraction of sp³-hybridized carbons (Fsp3) is 0.750. The van der Waals surface area contributed by atoms with Crippen LogP contribution in [0.2, 0.25) is 0 Å². The molecule has 0 radical (unpaired) electrons. The summed E-state index contributed by atoms with van der Waals surface area (Å²) in [6.07, 6.45) is 7.51. The molecule has 0 unspecified atom stereocenters. The van der Waals surface area contributed by atoms with Gasteiger partial charge in [-0.2, -0.15) is 0 Å². The molecule has 1 aliphatic carbocycles. The normalized spacial score (nSPS) is 24.4. The minimum absolute atomic E-state index is 0.309. The van der Waals surface area contributed by atoms with Gasteiger partial charge in [0.2, 0.25) is 5.91 Å². The summed E-state index contributed by atoms with van der Waals surface area (Å²) in [7, 11) is -0.465. The van der Waals surface area contributed by atoms with Gasteiger partial charge in [0.1, 0.15) is 0 Å². The molecule has 0 N–H and O–H groups in total. The van der Waals surface area contributed by atoms with Crippen molar-refractivity contribution in [2.45, 2.75) is 64.6 Å². The lowest BCUT2D eigenvalue weighted by atomic mass is 9.81. The summed E-state index contributed by atoms with van der Waals surface area (Å²) in [5.74, 6) is 1.10. The van der Waals surface area contributed by atoms with Gasteiger partial charge in [0.05, 0.1) is 17.8 Å². The predicted molar refractivity (Wildman–Crippen MR) is 105 cm³/mol. The van der Waals surface area contributed by atoms with Crippen LogP contribution in [0.15, 0.2) is 12.4 Å². The number of piperidine rings is 1. The minimum Gasteiger partial charge on any atom is -0.463 e. The number of amides is 1. The average molecular weight is 387 g/mol. The summed E-state index contributed by atoms with van der Waals surface area (Å²) < 4.78 is 17.8. The van der Waals surface area contributed by atoms with Crippen LogP contribution in [0.3, 0.4) is 0 Å². The molecule has 0 spiro atoms.